The van der Waals surface area contributed by atoms with Gasteiger partial charge in [0.25, 0.3) is 0 Å². The number of alkyl carbamates (subject to hydrolysis) is 1. The Kier molecular flexibility index (Phi) is 8.22. The van der Waals surface area contributed by atoms with E-state index in [1.165, 1.54) is 6.07 Å². The largest absolute Gasteiger partial charge is 0.478 e. The molecule has 1 aromatic carbocycles. The number of carbonyl (C=O) groups excluding carboxylic acids is 1. The number of benzene rings is 1. The van der Waals surface area contributed by atoms with Crippen LogP contribution < -0.4 is 10.1 Å². The van der Waals surface area contributed by atoms with E-state index in [4.69, 9.17) is 14.2 Å². The molecule has 3 aromatic rings. The Morgan fingerprint density at radius 2 is 1.91 bits per heavy atom. The summed E-state index contributed by atoms with van der Waals surface area (Å²) in [6.07, 6.45) is 4.24. The van der Waals surface area contributed by atoms with E-state index >= 15 is 0 Å². The Morgan fingerprint density at radius 3 is 2.65 bits per heavy atom. The molecule has 2 heterocycles. The molecule has 3 rings (SSSR count). The number of rotatable bonds is 10. The molecule has 2 aromatic heterocycles. The molecule has 0 fully saturated rings. The summed E-state index contributed by atoms with van der Waals surface area (Å²) in [4.78, 5) is 31.7. The Hall–Kier alpha value is -3.46. The van der Waals surface area contributed by atoms with Gasteiger partial charge in [-0.25, -0.2) is 14.6 Å². The number of carboxylic acid groups (broad SMARTS) is 1. The zero-order valence-corrected chi connectivity index (χ0v) is 20.0. The number of hydrogen-bond donors (Lipinski definition) is 2. The number of aromatic nitrogens is 2. The lowest BCUT2D eigenvalue weighted by atomic mass is 10.1. The topological polar surface area (TPSA) is 120 Å². The second kappa shape index (κ2) is 11.1. The fourth-order valence-electron chi connectivity index (χ4n) is 3.35. The first-order chi connectivity index (χ1) is 16.1. The summed E-state index contributed by atoms with van der Waals surface area (Å²) in [5, 5.41) is 14.5. The highest BCUT2D eigenvalue weighted by atomic mass is 16.6. The van der Waals surface area contributed by atoms with Crippen molar-refractivity contribution in [1.29, 1.82) is 0 Å². The number of nitrogens with one attached hydrogen (secondary N) is 1. The number of fused-ring (bicyclic) bond motifs is 3. The molecule has 0 saturated carbocycles. The molecule has 0 spiro atoms. The van der Waals surface area contributed by atoms with Crippen LogP contribution in [0.1, 0.15) is 50.9 Å². The van der Waals surface area contributed by atoms with Crippen molar-refractivity contribution in [3.05, 3.63) is 42.2 Å². The van der Waals surface area contributed by atoms with Crippen molar-refractivity contribution in [3.8, 4) is 5.88 Å². The molecule has 0 aliphatic heterocycles. The highest BCUT2D eigenvalue weighted by Crippen LogP contribution is 2.31. The Balaban J connectivity index is 1.53. The van der Waals surface area contributed by atoms with Gasteiger partial charge in [-0.3, -0.25) is 4.98 Å². The molecular weight excluding hydrogens is 438 g/mol. The van der Waals surface area contributed by atoms with Crippen LogP contribution >= 0.6 is 0 Å². The molecule has 0 aliphatic carbocycles. The molecule has 0 bridgehead atoms. The SMILES string of the molecule is C[C@H](COCCCCNC(=O)OC(C)(C)C)Oc1nc2cc(C(=O)O)ccc2c2cnccc12. The number of aromatic carboxylic acids is 1. The minimum atomic E-state index is -1.01. The van der Waals surface area contributed by atoms with Gasteiger partial charge in [-0.15, -0.1) is 0 Å². The van der Waals surface area contributed by atoms with E-state index in [0.717, 1.165) is 29.0 Å². The molecule has 9 nitrogen and oxygen atoms in total. The van der Waals surface area contributed by atoms with Gasteiger partial charge in [-0.1, -0.05) is 6.07 Å². The first kappa shape index (κ1) is 25.2. The van der Waals surface area contributed by atoms with Crippen LogP contribution in [0.4, 0.5) is 4.79 Å². The van der Waals surface area contributed by atoms with E-state index in [-0.39, 0.29) is 11.7 Å². The van der Waals surface area contributed by atoms with Crippen molar-refractivity contribution in [2.45, 2.75) is 52.2 Å². The number of carbonyl (C=O) groups is 2. The van der Waals surface area contributed by atoms with E-state index in [9.17, 15) is 14.7 Å². The van der Waals surface area contributed by atoms with Gasteiger partial charge in [0.1, 0.15) is 11.7 Å². The zero-order valence-electron chi connectivity index (χ0n) is 20.0. The third-order valence-corrected chi connectivity index (χ3v) is 4.86. The number of nitrogens with zero attached hydrogens (tertiary/aromatic N) is 2. The standard InChI is InChI=1S/C25H31N3O6/c1-16(15-32-12-6-5-10-27-24(31)34-25(2,3)4)33-22-19-9-11-26-14-20(19)18-8-7-17(23(29)30)13-21(18)28-22/h7-9,11,13-14,16H,5-6,10,12,15H2,1-4H3,(H,27,31)(H,29,30)/t16-/m1/s1. The number of ether oxygens (including phenoxy) is 3. The van der Waals surface area contributed by atoms with Crippen molar-refractivity contribution in [2.75, 3.05) is 19.8 Å². The summed E-state index contributed by atoms with van der Waals surface area (Å²) in [5.74, 6) is -0.606. The molecule has 182 valence electrons. The Bertz CT molecular complexity index is 1160. The maximum absolute atomic E-state index is 11.6. The van der Waals surface area contributed by atoms with Gasteiger partial charge in [0.2, 0.25) is 5.88 Å². The van der Waals surface area contributed by atoms with Crippen LogP contribution in [0.3, 0.4) is 0 Å². The molecule has 1 amide bonds. The third kappa shape index (κ3) is 7.02. The molecular formula is C25H31N3O6. The van der Waals surface area contributed by atoms with E-state index in [2.05, 4.69) is 15.3 Å². The van der Waals surface area contributed by atoms with Crippen molar-refractivity contribution < 1.29 is 28.9 Å². The summed E-state index contributed by atoms with van der Waals surface area (Å²) in [5.41, 5.74) is 0.177. The molecule has 0 radical (unpaired) electrons. The van der Waals surface area contributed by atoms with Crippen molar-refractivity contribution >= 4 is 33.7 Å². The molecule has 2 N–H and O–H groups in total. The average Bonchev–Trinajstić information content (AvgIpc) is 2.77. The predicted molar refractivity (Wildman–Crippen MR) is 128 cm³/mol. The second-order valence-corrected chi connectivity index (χ2v) is 9.01. The van der Waals surface area contributed by atoms with Crippen LogP contribution in [0.5, 0.6) is 5.88 Å². The smallest absolute Gasteiger partial charge is 0.407 e. The van der Waals surface area contributed by atoms with Crippen LogP contribution in [0.15, 0.2) is 36.7 Å². The summed E-state index contributed by atoms with van der Waals surface area (Å²) in [6.45, 7) is 8.76. The van der Waals surface area contributed by atoms with Crippen LogP contribution in [0, 0.1) is 0 Å². The first-order valence-electron chi connectivity index (χ1n) is 11.3. The Labute approximate surface area is 198 Å². The maximum Gasteiger partial charge on any atom is 0.407 e. The number of pyridine rings is 2. The maximum atomic E-state index is 11.6. The Morgan fingerprint density at radius 1 is 1.12 bits per heavy atom. The van der Waals surface area contributed by atoms with E-state index in [1.807, 2.05) is 33.8 Å². The fraction of sp³-hybridized carbons (Fsp3) is 0.440. The minimum absolute atomic E-state index is 0.159. The molecule has 0 saturated heterocycles. The van der Waals surface area contributed by atoms with Gasteiger partial charge < -0.3 is 24.6 Å². The monoisotopic (exact) mass is 469 g/mol. The van der Waals surface area contributed by atoms with Gasteiger partial charge in [0.05, 0.1) is 17.7 Å². The number of amides is 1. The van der Waals surface area contributed by atoms with Crippen LogP contribution in [-0.4, -0.2) is 58.6 Å². The lowest BCUT2D eigenvalue weighted by Gasteiger charge is -2.19. The van der Waals surface area contributed by atoms with Gasteiger partial charge in [-0.2, -0.15) is 0 Å². The molecule has 0 unspecified atom stereocenters. The normalized spacial score (nSPS) is 12.5. The summed E-state index contributed by atoms with van der Waals surface area (Å²) in [7, 11) is 0. The van der Waals surface area contributed by atoms with Gasteiger partial charge in [0.15, 0.2) is 0 Å². The number of unbranched alkanes of at least 4 members (excludes halogenated alkanes) is 1. The molecule has 0 aliphatic rings. The number of hydrogen-bond acceptors (Lipinski definition) is 7. The highest BCUT2D eigenvalue weighted by molar-refractivity contribution is 6.08. The third-order valence-electron chi connectivity index (χ3n) is 4.86. The average molecular weight is 470 g/mol. The van der Waals surface area contributed by atoms with E-state index in [1.54, 1.807) is 24.5 Å². The summed E-state index contributed by atoms with van der Waals surface area (Å²) < 4.78 is 17.0. The van der Waals surface area contributed by atoms with Crippen molar-refractivity contribution in [2.24, 2.45) is 0 Å². The van der Waals surface area contributed by atoms with E-state index in [0.29, 0.717) is 31.2 Å². The summed E-state index contributed by atoms with van der Waals surface area (Å²) >= 11 is 0. The first-order valence-corrected chi connectivity index (χ1v) is 11.3. The lowest BCUT2D eigenvalue weighted by molar-refractivity contribution is 0.0504. The molecule has 9 heteroatoms. The number of carboxylic acids is 1. The van der Waals surface area contributed by atoms with E-state index < -0.39 is 17.7 Å². The van der Waals surface area contributed by atoms with Gasteiger partial charge >= 0.3 is 12.1 Å². The minimum Gasteiger partial charge on any atom is -0.478 e. The molecule has 34 heavy (non-hydrogen) atoms. The zero-order chi connectivity index (χ0) is 24.7. The fourth-order valence-corrected chi connectivity index (χ4v) is 3.35. The van der Waals surface area contributed by atoms with Crippen LogP contribution in [-0.2, 0) is 9.47 Å². The van der Waals surface area contributed by atoms with Crippen LogP contribution in [0.2, 0.25) is 0 Å². The molecule has 1 atom stereocenters. The van der Waals surface area contributed by atoms with Gasteiger partial charge in [-0.05, 0) is 58.7 Å². The lowest BCUT2D eigenvalue weighted by Crippen LogP contribution is -2.33. The van der Waals surface area contributed by atoms with Crippen molar-refractivity contribution in [3.63, 3.8) is 0 Å². The quantitative estimate of drug-likeness (QED) is 0.327. The highest BCUT2D eigenvalue weighted by Gasteiger charge is 2.16. The predicted octanol–water partition coefficient (Wildman–Crippen LogP) is 4.57. The second-order valence-electron chi connectivity index (χ2n) is 9.01. The summed E-state index contributed by atoms with van der Waals surface area (Å²) in [6, 6.07) is 6.65. The van der Waals surface area contributed by atoms with Crippen molar-refractivity contribution in [1.82, 2.24) is 15.3 Å². The van der Waals surface area contributed by atoms with Gasteiger partial charge in [0, 0.05) is 41.7 Å². The van der Waals surface area contributed by atoms with Crippen LogP contribution in [0.25, 0.3) is 21.7 Å².